The first-order valence-corrected chi connectivity index (χ1v) is 6.72. The predicted octanol–water partition coefficient (Wildman–Crippen LogP) is 2.68. The first kappa shape index (κ1) is 17.4. The lowest BCUT2D eigenvalue weighted by molar-refractivity contribution is -0.141. The summed E-state index contributed by atoms with van der Waals surface area (Å²) in [6.45, 7) is 1.61. The van der Waals surface area contributed by atoms with Crippen LogP contribution in [0.2, 0.25) is 0 Å². The van der Waals surface area contributed by atoms with Crippen LogP contribution in [0, 0.1) is 0 Å². The molecule has 2 N–H and O–H groups in total. The highest BCUT2D eigenvalue weighted by atomic mass is 19.4. The Morgan fingerprint density at radius 3 is 2.33 bits per heavy atom. The van der Waals surface area contributed by atoms with Crippen LogP contribution in [0.15, 0.2) is 36.7 Å². The highest BCUT2D eigenvalue weighted by molar-refractivity contribution is 5.92. The molecule has 6 nitrogen and oxygen atoms in total. The van der Waals surface area contributed by atoms with Gasteiger partial charge in [0.25, 0.3) is 5.91 Å². The molecule has 0 radical (unpaired) electrons. The summed E-state index contributed by atoms with van der Waals surface area (Å²) in [5, 5.41) is 11.3. The smallest absolute Gasteiger partial charge is 0.433 e. The van der Waals surface area contributed by atoms with Gasteiger partial charge in [-0.2, -0.15) is 13.2 Å². The number of carboxylic acid groups (broad SMARTS) is 1. The summed E-state index contributed by atoms with van der Waals surface area (Å²) in [6, 6.07) is 5.77. The van der Waals surface area contributed by atoms with Gasteiger partial charge in [0.05, 0.1) is 11.6 Å². The molecule has 0 aliphatic rings. The lowest BCUT2D eigenvalue weighted by atomic mass is 10.1. The number of nitrogens with zero attached hydrogens (tertiary/aromatic N) is 2. The molecule has 24 heavy (non-hydrogen) atoms. The van der Waals surface area contributed by atoms with Crippen molar-refractivity contribution in [2.75, 3.05) is 0 Å². The van der Waals surface area contributed by atoms with Gasteiger partial charge >= 0.3 is 12.1 Å². The van der Waals surface area contributed by atoms with Gasteiger partial charge in [-0.1, -0.05) is 12.1 Å². The molecule has 2 rings (SSSR count). The summed E-state index contributed by atoms with van der Waals surface area (Å²) >= 11 is 0. The molecule has 1 amide bonds. The van der Waals surface area contributed by atoms with Gasteiger partial charge in [0.2, 0.25) is 0 Å². The summed E-state index contributed by atoms with van der Waals surface area (Å²) in [6.07, 6.45) is -4.00. The maximum Gasteiger partial charge on any atom is 0.433 e. The van der Waals surface area contributed by atoms with E-state index in [1.807, 2.05) is 0 Å². The lowest BCUT2D eigenvalue weighted by Gasteiger charge is -2.14. The van der Waals surface area contributed by atoms with E-state index in [1.165, 1.54) is 24.3 Å². The van der Waals surface area contributed by atoms with Gasteiger partial charge in [-0.3, -0.25) is 4.79 Å². The number of benzene rings is 1. The second kappa shape index (κ2) is 6.65. The maximum absolute atomic E-state index is 12.6. The number of rotatable bonds is 4. The molecule has 1 aromatic heterocycles. The Morgan fingerprint density at radius 1 is 1.17 bits per heavy atom. The summed E-state index contributed by atoms with van der Waals surface area (Å²) in [5.41, 5.74) is -0.936. The standard InChI is InChI=1S/C15H12F3N3O3/c1-8(9-2-4-10(5-3-9)14(23)24)21-13(22)11-6-12(15(16,17)18)20-7-19-11/h2-8H,1H3,(H,21,22)(H,23,24)/t8-/m1/s1. The Kier molecular flexibility index (Phi) is 4.82. The minimum Gasteiger partial charge on any atom is -0.478 e. The van der Waals surface area contributed by atoms with Crippen LogP contribution in [-0.4, -0.2) is 27.0 Å². The monoisotopic (exact) mass is 339 g/mol. The van der Waals surface area contributed by atoms with Crippen molar-refractivity contribution in [3.8, 4) is 0 Å². The summed E-state index contributed by atoms with van der Waals surface area (Å²) < 4.78 is 37.8. The van der Waals surface area contributed by atoms with Gasteiger partial charge < -0.3 is 10.4 Å². The number of alkyl halides is 3. The lowest BCUT2D eigenvalue weighted by Crippen LogP contribution is -2.28. The Balaban J connectivity index is 2.13. The van der Waals surface area contributed by atoms with Gasteiger partial charge in [-0.05, 0) is 24.6 Å². The van der Waals surface area contributed by atoms with Gasteiger partial charge in [-0.15, -0.1) is 0 Å². The normalized spacial score (nSPS) is 12.5. The zero-order valence-electron chi connectivity index (χ0n) is 12.3. The van der Waals surface area contributed by atoms with Crippen molar-refractivity contribution in [3.05, 3.63) is 59.2 Å². The minimum absolute atomic E-state index is 0.0860. The van der Waals surface area contributed by atoms with Crippen LogP contribution < -0.4 is 5.32 Å². The second-order valence-electron chi connectivity index (χ2n) is 4.91. The third-order valence-electron chi connectivity index (χ3n) is 3.20. The Morgan fingerprint density at radius 2 is 1.79 bits per heavy atom. The molecule has 1 aromatic carbocycles. The van der Waals surface area contributed by atoms with E-state index in [0.29, 0.717) is 18.0 Å². The number of carbonyl (C=O) groups excluding carboxylic acids is 1. The molecular weight excluding hydrogens is 327 g/mol. The van der Waals surface area contributed by atoms with Gasteiger partial charge in [0.1, 0.15) is 17.7 Å². The fourth-order valence-electron chi connectivity index (χ4n) is 1.90. The number of amides is 1. The van der Waals surface area contributed by atoms with Crippen molar-refractivity contribution in [2.24, 2.45) is 0 Å². The number of aromatic nitrogens is 2. The number of aromatic carboxylic acids is 1. The third kappa shape index (κ3) is 4.06. The molecule has 2 aromatic rings. The Hall–Kier alpha value is -2.97. The molecule has 0 saturated carbocycles. The van der Waals surface area contributed by atoms with Crippen molar-refractivity contribution in [3.63, 3.8) is 0 Å². The first-order chi connectivity index (χ1) is 11.2. The predicted molar refractivity (Wildman–Crippen MR) is 76.3 cm³/mol. The second-order valence-corrected chi connectivity index (χ2v) is 4.91. The number of carboxylic acids is 1. The van der Waals surface area contributed by atoms with Crippen LogP contribution in [0.3, 0.4) is 0 Å². The number of nitrogens with one attached hydrogen (secondary N) is 1. The van der Waals surface area contributed by atoms with Gasteiger partial charge in [0, 0.05) is 6.07 Å². The van der Waals surface area contributed by atoms with Crippen LogP contribution in [0.25, 0.3) is 0 Å². The van der Waals surface area contributed by atoms with E-state index in [-0.39, 0.29) is 5.56 Å². The molecule has 0 unspecified atom stereocenters. The van der Waals surface area contributed by atoms with E-state index in [4.69, 9.17) is 5.11 Å². The molecule has 0 saturated heterocycles. The summed E-state index contributed by atoms with van der Waals surface area (Å²) in [5.74, 6) is -1.88. The molecule has 1 heterocycles. The SMILES string of the molecule is C[C@@H](NC(=O)c1cc(C(F)(F)F)ncn1)c1ccc(C(=O)O)cc1. The zero-order valence-corrected chi connectivity index (χ0v) is 12.3. The van der Waals surface area contributed by atoms with Crippen molar-refractivity contribution < 1.29 is 27.9 Å². The summed E-state index contributed by atoms with van der Waals surface area (Å²) in [7, 11) is 0. The zero-order chi connectivity index (χ0) is 17.9. The topological polar surface area (TPSA) is 92.2 Å². The average molecular weight is 339 g/mol. The molecule has 1 atom stereocenters. The average Bonchev–Trinajstić information content (AvgIpc) is 2.54. The number of carbonyl (C=O) groups is 2. The van der Waals surface area contributed by atoms with Gasteiger partial charge in [0.15, 0.2) is 0 Å². The molecule has 9 heteroatoms. The van der Waals surface area contributed by atoms with Crippen LogP contribution in [0.5, 0.6) is 0 Å². The largest absolute Gasteiger partial charge is 0.478 e. The summed E-state index contributed by atoms with van der Waals surface area (Å²) in [4.78, 5) is 29.4. The van der Waals surface area contributed by atoms with E-state index >= 15 is 0 Å². The molecular formula is C15H12F3N3O3. The van der Waals surface area contributed by atoms with E-state index in [0.717, 1.165) is 0 Å². The van der Waals surface area contributed by atoms with Gasteiger partial charge in [-0.25, -0.2) is 14.8 Å². The highest BCUT2D eigenvalue weighted by Crippen LogP contribution is 2.27. The van der Waals surface area contributed by atoms with E-state index in [1.54, 1.807) is 6.92 Å². The number of halogens is 3. The van der Waals surface area contributed by atoms with Crippen LogP contribution in [0.4, 0.5) is 13.2 Å². The van der Waals surface area contributed by atoms with Crippen molar-refractivity contribution in [1.82, 2.24) is 15.3 Å². The van der Waals surface area contributed by atoms with Crippen molar-refractivity contribution in [2.45, 2.75) is 19.1 Å². The third-order valence-corrected chi connectivity index (χ3v) is 3.20. The fraction of sp³-hybridized carbons (Fsp3) is 0.200. The van der Waals surface area contributed by atoms with E-state index < -0.39 is 35.5 Å². The van der Waals surface area contributed by atoms with Crippen molar-refractivity contribution >= 4 is 11.9 Å². The molecule has 126 valence electrons. The molecule has 0 bridgehead atoms. The number of hydrogen-bond acceptors (Lipinski definition) is 4. The highest BCUT2D eigenvalue weighted by Gasteiger charge is 2.33. The quantitative estimate of drug-likeness (QED) is 0.893. The minimum atomic E-state index is -4.67. The molecule has 0 spiro atoms. The molecule has 0 fully saturated rings. The van der Waals surface area contributed by atoms with Crippen molar-refractivity contribution in [1.29, 1.82) is 0 Å². The molecule has 0 aliphatic carbocycles. The Bertz CT molecular complexity index is 761. The molecule has 0 aliphatic heterocycles. The van der Waals surface area contributed by atoms with Crippen LogP contribution in [-0.2, 0) is 6.18 Å². The Labute approximate surface area is 134 Å². The maximum atomic E-state index is 12.6. The first-order valence-electron chi connectivity index (χ1n) is 6.72. The van der Waals surface area contributed by atoms with Crippen LogP contribution >= 0.6 is 0 Å². The van der Waals surface area contributed by atoms with E-state index in [9.17, 15) is 22.8 Å². The van der Waals surface area contributed by atoms with Crippen LogP contribution in [0.1, 0.15) is 45.1 Å². The number of hydrogen-bond donors (Lipinski definition) is 2. The van der Waals surface area contributed by atoms with E-state index in [2.05, 4.69) is 15.3 Å². The fourth-order valence-corrected chi connectivity index (χ4v) is 1.90.